The minimum absolute atomic E-state index is 0.00759. The van der Waals surface area contributed by atoms with Gasteiger partial charge in [0.2, 0.25) is 0 Å². The van der Waals surface area contributed by atoms with Gasteiger partial charge in [-0.25, -0.2) is 4.98 Å². The van der Waals surface area contributed by atoms with Crippen molar-refractivity contribution in [2.24, 2.45) is 0 Å². The maximum atomic E-state index is 6.42. The first-order valence-corrected chi connectivity index (χ1v) is 12.2. The zero-order valence-corrected chi connectivity index (χ0v) is 20.1. The summed E-state index contributed by atoms with van der Waals surface area (Å²) in [5.74, 6) is 2.68. The Morgan fingerprint density at radius 1 is 0.939 bits per heavy atom. The molecule has 1 unspecified atom stereocenters. The van der Waals surface area contributed by atoms with Crippen LogP contribution in [-0.4, -0.2) is 60.3 Å². The Kier molecular flexibility index (Phi) is 5.31. The van der Waals surface area contributed by atoms with Crippen LogP contribution >= 0.6 is 15.9 Å². The fourth-order valence-electron chi connectivity index (χ4n) is 4.68. The van der Waals surface area contributed by atoms with E-state index in [0.717, 1.165) is 82.0 Å². The molecule has 168 valence electrons. The number of fused-ring (bicyclic) bond motifs is 4. The van der Waals surface area contributed by atoms with E-state index in [1.807, 2.05) is 31.2 Å². The lowest BCUT2D eigenvalue weighted by molar-refractivity contribution is 0.0587. The fraction of sp³-hybridized carbons (Fsp3) is 0.308. The summed E-state index contributed by atoms with van der Waals surface area (Å²) < 4.78 is 13.6. The molecule has 6 nitrogen and oxygen atoms in total. The smallest absolute Gasteiger partial charge is 0.171 e. The van der Waals surface area contributed by atoms with Gasteiger partial charge >= 0.3 is 0 Å². The Bertz CT molecular complexity index is 1340. The Balaban J connectivity index is 1.11. The second-order valence-electron chi connectivity index (χ2n) is 8.76. The molecule has 0 amide bonds. The quantitative estimate of drug-likeness (QED) is 0.398. The van der Waals surface area contributed by atoms with Crippen LogP contribution in [0.4, 0.5) is 5.82 Å². The van der Waals surface area contributed by atoms with Crippen molar-refractivity contribution in [1.29, 1.82) is 0 Å². The Morgan fingerprint density at radius 2 is 1.79 bits per heavy atom. The summed E-state index contributed by atoms with van der Waals surface area (Å²) in [6.45, 7) is 7.27. The van der Waals surface area contributed by atoms with Gasteiger partial charge in [0, 0.05) is 53.7 Å². The number of hydrogen-bond donors (Lipinski definition) is 0. The van der Waals surface area contributed by atoms with Crippen LogP contribution in [-0.2, 0) is 0 Å². The molecule has 0 bridgehead atoms. The molecule has 33 heavy (non-hydrogen) atoms. The molecule has 4 heterocycles. The van der Waals surface area contributed by atoms with E-state index < -0.39 is 0 Å². The largest absolute Gasteiger partial charge is 0.486 e. The molecule has 7 heteroatoms. The number of hydrogen-bond acceptors (Lipinski definition) is 6. The van der Waals surface area contributed by atoms with Crippen LogP contribution in [0.25, 0.3) is 21.8 Å². The minimum Gasteiger partial charge on any atom is -0.486 e. The van der Waals surface area contributed by atoms with Crippen LogP contribution in [0.2, 0.25) is 0 Å². The third-order valence-electron chi connectivity index (χ3n) is 6.43. The van der Waals surface area contributed by atoms with Gasteiger partial charge in [0.1, 0.15) is 18.5 Å². The second-order valence-corrected chi connectivity index (χ2v) is 9.67. The summed E-state index contributed by atoms with van der Waals surface area (Å²) in [4.78, 5) is 14.3. The van der Waals surface area contributed by atoms with Crippen molar-refractivity contribution in [1.82, 2.24) is 14.9 Å². The van der Waals surface area contributed by atoms with Crippen molar-refractivity contribution in [2.75, 3.05) is 44.2 Å². The van der Waals surface area contributed by atoms with E-state index >= 15 is 0 Å². The molecular formula is C26H25BrN4O2. The molecule has 2 aliphatic rings. The summed E-state index contributed by atoms with van der Waals surface area (Å²) in [6, 6.07) is 18.6. The Labute approximate surface area is 201 Å². The molecular weight excluding hydrogens is 480 g/mol. The molecule has 0 radical (unpaired) electrons. The Hall–Kier alpha value is -2.90. The maximum absolute atomic E-state index is 6.42. The molecule has 2 aromatic heterocycles. The van der Waals surface area contributed by atoms with Gasteiger partial charge in [-0.05, 0) is 61.5 Å². The van der Waals surface area contributed by atoms with Crippen molar-refractivity contribution in [3.8, 4) is 11.5 Å². The number of benzene rings is 2. The van der Waals surface area contributed by atoms with Crippen LogP contribution in [0.15, 0.2) is 59.1 Å². The molecule has 0 spiro atoms. The van der Waals surface area contributed by atoms with Crippen LogP contribution in [0.5, 0.6) is 11.5 Å². The third kappa shape index (κ3) is 4.11. The summed E-state index contributed by atoms with van der Waals surface area (Å²) in [7, 11) is 0. The number of anilines is 1. The van der Waals surface area contributed by atoms with Crippen molar-refractivity contribution in [2.45, 2.75) is 13.0 Å². The standard InChI is InChI=1S/C26H25BrN4O2/c1-17-2-5-21-23(28-17)7-8-24-26(21)33-20(16-32-24)15-30-10-12-31(13-11-30)25-9-3-18-14-19(27)4-6-22(18)29-25/h2-9,14,20H,10-13,15-16H2,1H3. The SMILES string of the molecule is Cc1ccc2c3c(ccc2n1)OCC(CN1CCN(c2ccc4cc(Br)ccc4n2)CC1)O3. The van der Waals surface area contributed by atoms with Gasteiger partial charge in [-0.15, -0.1) is 0 Å². The van der Waals surface area contributed by atoms with Crippen molar-refractivity contribution < 1.29 is 9.47 Å². The highest BCUT2D eigenvalue weighted by Crippen LogP contribution is 2.38. The zero-order valence-electron chi connectivity index (χ0n) is 18.5. The second kappa shape index (κ2) is 8.47. The molecule has 2 aliphatic heterocycles. The molecule has 1 saturated heterocycles. The first kappa shape index (κ1) is 20.7. The summed E-state index contributed by atoms with van der Waals surface area (Å²) in [5, 5.41) is 2.17. The molecule has 0 aliphatic carbocycles. The van der Waals surface area contributed by atoms with Gasteiger partial charge in [0.15, 0.2) is 11.5 Å². The monoisotopic (exact) mass is 504 g/mol. The number of aromatic nitrogens is 2. The predicted molar refractivity (Wildman–Crippen MR) is 134 cm³/mol. The lowest BCUT2D eigenvalue weighted by Crippen LogP contribution is -2.50. The summed E-state index contributed by atoms with van der Waals surface area (Å²) >= 11 is 3.53. The highest BCUT2D eigenvalue weighted by atomic mass is 79.9. The van der Waals surface area contributed by atoms with E-state index in [4.69, 9.17) is 14.5 Å². The van der Waals surface area contributed by atoms with Crippen molar-refractivity contribution in [3.63, 3.8) is 0 Å². The number of piperazine rings is 1. The average molecular weight is 505 g/mol. The van der Waals surface area contributed by atoms with Crippen LogP contribution in [0.3, 0.4) is 0 Å². The van der Waals surface area contributed by atoms with E-state index in [2.05, 4.69) is 61.0 Å². The molecule has 6 rings (SSSR count). The normalized spacial score (nSPS) is 18.7. The van der Waals surface area contributed by atoms with E-state index in [0.29, 0.717) is 6.61 Å². The number of nitrogens with zero attached hydrogens (tertiary/aromatic N) is 4. The number of pyridine rings is 2. The maximum Gasteiger partial charge on any atom is 0.171 e. The highest BCUT2D eigenvalue weighted by Gasteiger charge is 2.27. The first-order valence-electron chi connectivity index (χ1n) is 11.4. The number of aryl methyl sites for hydroxylation is 1. The average Bonchev–Trinajstić information content (AvgIpc) is 2.84. The number of ether oxygens (including phenoxy) is 2. The minimum atomic E-state index is 0.00759. The summed E-state index contributed by atoms with van der Waals surface area (Å²) in [6.07, 6.45) is 0.00759. The van der Waals surface area contributed by atoms with Gasteiger partial charge in [-0.3, -0.25) is 9.88 Å². The fourth-order valence-corrected chi connectivity index (χ4v) is 5.06. The predicted octanol–water partition coefficient (Wildman–Crippen LogP) is 4.82. The van der Waals surface area contributed by atoms with Gasteiger partial charge in [-0.1, -0.05) is 15.9 Å². The molecule has 1 atom stereocenters. The van der Waals surface area contributed by atoms with E-state index in [9.17, 15) is 0 Å². The van der Waals surface area contributed by atoms with E-state index in [-0.39, 0.29) is 6.10 Å². The molecule has 0 N–H and O–H groups in total. The van der Waals surface area contributed by atoms with Crippen molar-refractivity contribution in [3.05, 3.63) is 64.8 Å². The Morgan fingerprint density at radius 3 is 2.67 bits per heavy atom. The molecule has 4 aromatic rings. The van der Waals surface area contributed by atoms with Gasteiger partial charge in [0.25, 0.3) is 0 Å². The summed E-state index contributed by atoms with van der Waals surface area (Å²) in [5.41, 5.74) is 2.98. The number of rotatable bonds is 3. The number of halogens is 1. The van der Waals surface area contributed by atoms with Crippen molar-refractivity contribution >= 4 is 43.6 Å². The van der Waals surface area contributed by atoms with E-state index in [1.165, 1.54) is 0 Å². The van der Waals surface area contributed by atoms with E-state index in [1.54, 1.807) is 0 Å². The van der Waals surface area contributed by atoms with Gasteiger partial charge < -0.3 is 14.4 Å². The lowest BCUT2D eigenvalue weighted by Gasteiger charge is -2.38. The first-order chi connectivity index (χ1) is 16.1. The highest BCUT2D eigenvalue weighted by molar-refractivity contribution is 9.10. The molecule has 0 saturated carbocycles. The van der Waals surface area contributed by atoms with Gasteiger partial charge in [-0.2, -0.15) is 0 Å². The van der Waals surface area contributed by atoms with Crippen LogP contribution in [0.1, 0.15) is 5.69 Å². The molecule has 2 aromatic carbocycles. The molecule has 1 fully saturated rings. The topological polar surface area (TPSA) is 50.7 Å². The lowest BCUT2D eigenvalue weighted by atomic mass is 10.1. The third-order valence-corrected chi connectivity index (χ3v) is 6.92. The van der Waals surface area contributed by atoms with Crippen LogP contribution < -0.4 is 14.4 Å². The van der Waals surface area contributed by atoms with Gasteiger partial charge in [0.05, 0.1) is 11.0 Å². The van der Waals surface area contributed by atoms with Crippen LogP contribution in [0, 0.1) is 6.92 Å². The zero-order chi connectivity index (χ0) is 22.4.